The lowest BCUT2D eigenvalue weighted by atomic mass is 9.94. The Kier molecular flexibility index (Phi) is 4.85. The average Bonchev–Trinajstić information content (AvgIpc) is 3.22. The number of nitrogens with one attached hydrogen (secondary N) is 1. The van der Waals surface area contributed by atoms with Crippen molar-refractivity contribution in [3.05, 3.63) is 0 Å². The molecule has 4 nitrogen and oxygen atoms in total. The van der Waals surface area contributed by atoms with Crippen LogP contribution in [0.3, 0.4) is 0 Å². The zero-order chi connectivity index (χ0) is 13.9. The first kappa shape index (κ1) is 14.8. The monoisotopic (exact) mass is 267 g/mol. The van der Waals surface area contributed by atoms with Crippen molar-refractivity contribution in [3.8, 4) is 0 Å². The first-order chi connectivity index (χ1) is 9.05. The van der Waals surface area contributed by atoms with Gasteiger partial charge in [0.05, 0.1) is 5.54 Å². The lowest BCUT2D eigenvalue weighted by Gasteiger charge is -2.29. The Morgan fingerprint density at radius 2 is 2.00 bits per heavy atom. The molecule has 110 valence electrons. The van der Waals surface area contributed by atoms with Gasteiger partial charge in [-0.15, -0.1) is 0 Å². The van der Waals surface area contributed by atoms with E-state index < -0.39 is 5.54 Å². The van der Waals surface area contributed by atoms with Gasteiger partial charge in [-0.25, -0.2) is 0 Å². The summed E-state index contributed by atoms with van der Waals surface area (Å²) in [5, 5.41) is 3.42. The lowest BCUT2D eigenvalue weighted by molar-refractivity contribution is -0.124. The van der Waals surface area contributed by atoms with Crippen LogP contribution in [-0.4, -0.2) is 41.5 Å². The zero-order valence-electron chi connectivity index (χ0n) is 12.5. The number of rotatable bonds is 10. The molecule has 3 N–H and O–H groups in total. The molecule has 0 aromatic heterocycles. The van der Waals surface area contributed by atoms with Crippen molar-refractivity contribution < 1.29 is 4.79 Å². The second-order valence-corrected chi connectivity index (χ2v) is 6.49. The van der Waals surface area contributed by atoms with Crippen LogP contribution >= 0.6 is 0 Å². The van der Waals surface area contributed by atoms with Gasteiger partial charge in [0, 0.05) is 12.1 Å². The standard InChI is InChI=1S/C15H29N3O/c1-3-10-18(13-7-8-13)11-4-9-15(2,14(16)19)17-12-5-6-12/h12-13,17H,3-11H2,1-2H3,(H2,16,19). The molecule has 0 radical (unpaired) electrons. The molecule has 0 saturated heterocycles. The van der Waals surface area contributed by atoms with Crippen LogP contribution < -0.4 is 11.1 Å². The Hall–Kier alpha value is -0.610. The van der Waals surface area contributed by atoms with Gasteiger partial charge in [-0.05, 0) is 65.0 Å². The van der Waals surface area contributed by atoms with E-state index in [9.17, 15) is 4.79 Å². The smallest absolute Gasteiger partial charge is 0.237 e. The average molecular weight is 267 g/mol. The molecular formula is C15H29N3O. The summed E-state index contributed by atoms with van der Waals surface area (Å²) in [6, 6.07) is 1.34. The van der Waals surface area contributed by atoms with Crippen LogP contribution in [0.25, 0.3) is 0 Å². The van der Waals surface area contributed by atoms with E-state index in [2.05, 4.69) is 17.1 Å². The Labute approximate surface area is 117 Å². The summed E-state index contributed by atoms with van der Waals surface area (Å²) >= 11 is 0. The number of primary amides is 1. The van der Waals surface area contributed by atoms with Crippen LogP contribution in [0.4, 0.5) is 0 Å². The second-order valence-electron chi connectivity index (χ2n) is 6.49. The molecule has 0 heterocycles. The molecule has 2 rings (SSSR count). The third kappa shape index (κ3) is 4.46. The minimum Gasteiger partial charge on any atom is -0.368 e. The topological polar surface area (TPSA) is 58.4 Å². The Morgan fingerprint density at radius 1 is 1.32 bits per heavy atom. The number of nitrogens with zero attached hydrogens (tertiary/aromatic N) is 1. The van der Waals surface area contributed by atoms with Crippen molar-refractivity contribution in [2.45, 2.75) is 76.4 Å². The van der Waals surface area contributed by atoms with Crippen LogP contribution in [0.1, 0.15) is 58.8 Å². The van der Waals surface area contributed by atoms with Gasteiger partial charge < -0.3 is 16.0 Å². The second kappa shape index (κ2) is 6.23. The molecule has 0 aromatic carbocycles. The minimum absolute atomic E-state index is 0.201. The van der Waals surface area contributed by atoms with E-state index >= 15 is 0 Å². The summed E-state index contributed by atoms with van der Waals surface area (Å²) in [4.78, 5) is 14.3. The summed E-state index contributed by atoms with van der Waals surface area (Å²) in [6.45, 7) is 6.49. The highest BCUT2D eigenvalue weighted by atomic mass is 16.1. The first-order valence-corrected chi connectivity index (χ1v) is 7.87. The largest absolute Gasteiger partial charge is 0.368 e. The third-order valence-corrected chi connectivity index (χ3v) is 4.34. The highest BCUT2D eigenvalue weighted by Crippen LogP contribution is 2.28. The fourth-order valence-corrected chi connectivity index (χ4v) is 2.78. The molecule has 0 aliphatic heterocycles. The van der Waals surface area contributed by atoms with Gasteiger partial charge in [0.2, 0.25) is 5.91 Å². The van der Waals surface area contributed by atoms with Crippen molar-refractivity contribution in [1.29, 1.82) is 0 Å². The summed E-state index contributed by atoms with van der Waals surface area (Å²) in [7, 11) is 0. The maximum atomic E-state index is 11.7. The molecule has 0 aromatic rings. The summed E-state index contributed by atoms with van der Waals surface area (Å²) in [5.74, 6) is -0.201. The molecular weight excluding hydrogens is 238 g/mol. The molecule has 1 amide bonds. The van der Waals surface area contributed by atoms with Crippen LogP contribution in [0.5, 0.6) is 0 Å². The number of hydrogen-bond acceptors (Lipinski definition) is 3. The number of carbonyl (C=O) groups is 1. The third-order valence-electron chi connectivity index (χ3n) is 4.34. The highest BCUT2D eigenvalue weighted by Gasteiger charge is 2.37. The van der Waals surface area contributed by atoms with Gasteiger partial charge in [-0.3, -0.25) is 4.79 Å². The molecule has 2 aliphatic rings. The van der Waals surface area contributed by atoms with Crippen molar-refractivity contribution in [2.75, 3.05) is 13.1 Å². The van der Waals surface area contributed by atoms with Gasteiger partial charge in [-0.2, -0.15) is 0 Å². The molecule has 19 heavy (non-hydrogen) atoms. The first-order valence-electron chi connectivity index (χ1n) is 7.87. The fraction of sp³-hybridized carbons (Fsp3) is 0.933. The molecule has 2 fully saturated rings. The summed E-state index contributed by atoms with van der Waals surface area (Å²) in [5.41, 5.74) is 5.07. The highest BCUT2D eigenvalue weighted by molar-refractivity contribution is 5.84. The lowest BCUT2D eigenvalue weighted by Crippen LogP contribution is -2.54. The predicted molar refractivity (Wildman–Crippen MR) is 77.9 cm³/mol. The molecule has 4 heteroatoms. The SMILES string of the molecule is CCCN(CCCC(C)(NC1CC1)C(N)=O)C1CC1. The maximum absolute atomic E-state index is 11.7. The summed E-state index contributed by atoms with van der Waals surface area (Å²) < 4.78 is 0. The van der Waals surface area contributed by atoms with Crippen LogP contribution in [0.15, 0.2) is 0 Å². The van der Waals surface area contributed by atoms with Crippen molar-refractivity contribution in [3.63, 3.8) is 0 Å². The van der Waals surface area contributed by atoms with E-state index in [-0.39, 0.29) is 5.91 Å². The number of carbonyl (C=O) groups excluding carboxylic acids is 1. The maximum Gasteiger partial charge on any atom is 0.237 e. The molecule has 0 spiro atoms. The molecule has 0 bridgehead atoms. The van der Waals surface area contributed by atoms with Crippen molar-refractivity contribution in [1.82, 2.24) is 10.2 Å². The van der Waals surface area contributed by atoms with E-state index in [0.717, 1.165) is 25.4 Å². The normalized spacial score (nSPS) is 22.5. The minimum atomic E-state index is -0.511. The van der Waals surface area contributed by atoms with Gasteiger partial charge >= 0.3 is 0 Å². The fourth-order valence-electron chi connectivity index (χ4n) is 2.78. The van der Waals surface area contributed by atoms with E-state index in [1.165, 1.54) is 38.6 Å². The summed E-state index contributed by atoms with van der Waals surface area (Å²) in [6.07, 6.45) is 8.20. The van der Waals surface area contributed by atoms with E-state index in [4.69, 9.17) is 5.73 Å². The molecule has 2 saturated carbocycles. The zero-order valence-corrected chi connectivity index (χ0v) is 12.5. The molecule has 2 aliphatic carbocycles. The van der Waals surface area contributed by atoms with E-state index in [0.29, 0.717) is 6.04 Å². The molecule has 1 unspecified atom stereocenters. The van der Waals surface area contributed by atoms with Gasteiger partial charge in [-0.1, -0.05) is 6.92 Å². The van der Waals surface area contributed by atoms with Gasteiger partial charge in [0.25, 0.3) is 0 Å². The number of nitrogens with two attached hydrogens (primary N) is 1. The van der Waals surface area contributed by atoms with Crippen LogP contribution in [0, 0.1) is 0 Å². The van der Waals surface area contributed by atoms with Crippen molar-refractivity contribution in [2.24, 2.45) is 5.73 Å². The van der Waals surface area contributed by atoms with Crippen LogP contribution in [0.2, 0.25) is 0 Å². The number of hydrogen-bond donors (Lipinski definition) is 2. The Balaban J connectivity index is 1.75. The van der Waals surface area contributed by atoms with Gasteiger partial charge in [0.1, 0.15) is 0 Å². The predicted octanol–water partition coefficient (Wildman–Crippen LogP) is 1.64. The quantitative estimate of drug-likeness (QED) is 0.632. The van der Waals surface area contributed by atoms with Gasteiger partial charge in [0.15, 0.2) is 0 Å². The van der Waals surface area contributed by atoms with Crippen LogP contribution in [-0.2, 0) is 4.79 Å². The van der Waals surface area contributed by atoms with Crippen molar-refractivity contribution >= 4 is 5.91 Å². The Morgan fingerprint density at radius 3 is 2.47 bits per heavy atom. The molecule has 1 atom stereocenters. The van der Waals surface area contributed by atoms with E-state index in [1.807, 2.05) is 6.92 Å². The Bertz CT molecular complexity index is 313. The number of amides is 1. The van der Waals surface area contributed by atoms with E-state index in [1.54, 1.807) is 0 Å².